The third kappa shape index (κ3) is 55.3. The van der Waals surface area contributed by atoms with Crippen molar-refractivity contribution in [1.29, 1.82) is 0 Å². The van der Waals surface area contributed by atoms with Crippen molar-refractivity contribution in [2.75, 3.05) is 39.6 Å². The second-order valence-electron chi connectivity index (χ2n) is 22.6. The van der Waals surface area contributed by atoms with E-state index in [2.05, 4.69) is 34.6 Å². The van der Waals surface area contributed by atoms with Gasteiger partial charge in [0.25, 0.3) is 0 Å². The van der Waals surface area contributed by atoms with Crippen LogP contribution in [0.3, 0.4) is 0 Å². The molecule has 19 heteroatoms. The van der Waals surface area contributed by atoms with Crippen molar-refractivity contribution in [1.82, 2.24) is 0 Å². The predicted octanol–water partition coefficient (Wildman–Crippen LogP) is 16.6. The van der Waals surface area contributed by atoms with Crippen LogP contribution in [-0.4, -0.2) is 96.7 Å². The Morgan fingerprint density at radius 2 is 0.575 bits per heavy atom. The van der Waals surface area contributed by atoms with Crippen molar-refractivity contribution in [3.63, 3.8) is 0 Å². The number of phosphoric ester groups is 2. The van der Waals surface area contributed by atoms with Crippen molar-refractivity contribution < 1.29 is 80.2 Å². The summed E-state index contributed by atoms with van der Waals surface area (Å²) in [7, 11) is -9.87. The molecule has 0 fully saturated rings. The van der Waals surface area contributed by atoms with Gasteiger partial charge in [-0.25, -0.2) is 9.13 Å². The minimum atomic E-state index is -4.94. The van der Waals surface area contributed by atoms with Crippen LogP contribution in [0.25, 0.3) is 0 Å². The summed E-state index contributed by atoms with van der Waals surface area (Å²) >= 11 is 0. The van der Waals surface area contributed by atoms with E-state index in [1.54, 1.807) is 0 Å². The van der Waals surface area contributed by atoms with E-state index in [9.17, 15) is 43.2 Å². The van der Waals surface area contributed by atoms with E-state index in [-0.39, 0.29) is 25.7 Å². The van der Waals surface area contributed by atoms with Crippen LogP contribution in [0.15, 0.2) is 0 Å². The fourth-order valence-electron chi connectivity index (χ4n) is 9.05. The fourth-order valence-corrected chi connectivity index (χ4v) is 10.6. The number of carbonyl (C=O) groups is 4. The standard InChI is InChI=1S/C61H118O17P2/c1-6-9-12-15-17-18-19-20-24-27-31-35-40-45-59(64)72-51-57(78-61(66)47-42-37-32-28-25-22-21-23-26-30-34-38-43-54(4)5)53-76-80(69,70)74-49-55(62)48-73-79(67,68)75-52-56(50-71-58(63)44-39-33-14-11-8-3)77-60(65)46-41-36-29-16-13-10-7-2/h54-57,62H,6-53H2,1-5H3,(H,67,68)(H,69,70)/t55-,56+,57+/m0/s1. The Morgan fingerprint density at radius 3 is 0.850 bits per heavy atom. The number of esters is 4. The average molecular weight is 1190 g/mol. The van der Waals surface area contributed by atoms with Gasteiger partial charge in [-0.2, -0.15) is 0 Å². The van der Waals surface area contributed by atoms with Crippen LogP contribution >= 0.6 is 15.6 Å². The molecule has 0 saturated carbocycles. The maximum absolute atomic E-state index is 12.9. The molecule has 0 aliphatic heterocycles. The van der Waals surface area contributed by atoms with Gasteiger partial charge < -0.3 is 33.8 Å². The smallest absolute Gasteiger partial charge is 0.462 e. The number of hydrogen-bond donors (Lipinski definition) is 3. The largest absolute Gasteiger partial charge is 0.472 e. The summed E-state index contributed by atoms with van der Waals surface area (Å²) in [6, 6.07) is 0. The predicted molar refractivity (Wildman–Crippen MR) is 317 cm³/mol. The zero-order valence-corrected chi connectivity index (χ0v) is 53.0. The quantitative estimate of drug-likeness (QED) is 0.0222. The first-order chi connectivity index (χ1) is 38.5. The first-order valence-electron chi connectivity index (χ1n) is 32.1. The first kappa shape index (κ1) is 78.1. The molecule has 0 aliphatic rings. The lowest BCUT2D eigenvalue weighted by molar-refractivity contribution is -0.161. The number of phosphoric acid groups is 2. The first-order valence-corrected chi connectivity index (χ1v) is 35.1. The van der Waals surface area contributed by atoms with Gasteiger partial charge >= 0.3 is 39.5 Å². The van der Waals surface area contributed by atoms with Crippen LogP contribution in [-0.2, 0) is 65.4 Å². The van der Waals surface area contributed by atoms with E-state index >= 15 is 0 Å². The third-order valence-electron chi connectivity index (χ3n) is 14.0. The number of ether oxygens (including phenoxy) is 4. The molecule has 5 atom stereocenters. The second kappa shape index (κ2) is 55.0. The highest BCUT2D eigenvalue weighted by Gasteiger charge is 2.30. The summed E-state index contributed by atoms with van der Waals surface area (Å²) in [6.07, 6.45) is 38.0. The van der Waals surface area contributed by atoms with E-state index in [0.29, 0.717) is 25.7 Å². The summed E-state index contributed by atoms with van der Waals surface area (Å²) in [5.74, 6) is -1.37. The van der Waals surface area contributed by atoms with Crippen LogP contribution in [0.5, 0.6) is 0 Å². The Kier molecular flexibility index (Phi) is 53.6. The van der Waals surface area contributed by atoms with Crippen molar-refractivity contribution in [2.24, 2.45) is 5.92 Å². The summed E-state index contributed by atoms with van der Waals surface area (Å²) in [5.41, 5.74) is 0. The molecule has 0 radical (unpaired) electrons. The molecule has 17 nitrogen and oxygen atoms in total. The van der Waals surface area contributed by atoms with E-state index in [4.69, 9.17) is 37.0 Å². The monoisotopic (exact) mass is 1180 g/mol. The average Bonchev–Trinajstić information content (AvgIpc) is 3.42. The van der Waals surface area contributed by atoms with Gasteiger partial charge in [0.05, 0.1) is 26.4 Å². The summed E-state index contributed by atoms with van der Waals surface area (Å²) in [4.78, 5) is 71.7. The molecule has 0 heterocycles. The molecule has 0 aliphatic carbocycles. The normalized spacial score (nSPS) is 14.3. The highest BCUT2D eigenvalue weighted by Crippen LogP contribution is 2.45. The third-order valence-corrected chi connectivity index (χ3v) is 15.9. The molecule has 0 bridgehead atoms. The van der Waals surface area contributed by atoms with E-state index in [0.717, 1.165) is 115 Å². The van der Waals surface area contributed by atoms with Gasteiger partial charge in [-0.05, 0) is 31.6 Å². The molecular formula is C61H118O17P2. The number of carbonyl (C=O) groups excluding carboxylic acids is 4. The molecule has 0 rings (SSSR count). The van der Waals surface area contributed by atoms with Gasteiger partial charge in [-0.3, -0.25) is 37.3 Å². The van der Waals surface area contributed by atoms with Gasteiger partial charge in [-0.15, -0.1) is 0 Å². The maximum Gasteiger partial charge on any atom is 0.472 e. The van der Waals surface area contributed by atoms with Crippen LogP contribution in [0, 0.1) is 5.92 Å². The molecule has 0 aromatic carbocycles. The van der Waals surface area contributed by atoms with Gasteiger partial charge in [-0.1, -0.05) is 253 Å². The topological polar surface area (TPSA) is 237 Å². The molecular weight excluding hydrogens is 1070 g/mol. The Labute approximate surface area is 486 Å². The molecule has 0 aromatic rings. The number of unbranched alkanes of at least 4 members (excludes halogenated alkanes) is 33. The Balaban J connectivity index is 5.15. The number of hydrogen-bond acceptors (Lipinski definition) is 15. The van der Waals surface area contributed by atoms with E-state index in [1.165, 1.54) is 109 Å². The Morgan fingerprint density at radius 1 is 0.338 bits per heavy atom. The zero-order valence-electron chi connectivity index (χ0n) is 51.2. The SMILES string of the molecule is CCCCCCCCCCCCCCCC(=O)OC[C@H](COP(=O)(O)OC[C@@H](O)COP(=O)(O)OC[C@@H](COC(=O)CCCCCCC)OC(=O)CCCCCCCCC)OC(=O)CCCCCCCCCCCCCCC(C)C. The van der Waals surface area contributed by atoms with Crippen molar-refractivity contribution in [3.05, 3.63) is 0 Å². The van der Waals surface area contributed by atoms with Gasteiger partial charge in [0.15, 0.2) is 12.2 Å². The maximum atomic E-state index is 12.9. The molecule has 474 valence electrons. The number of aliphatic hydroxyl groups is 1. The molecule has 0 saturated heterocycles. The van der Waals surface area contributed by atoms with Crippen molar-refractivity contribution in [3.8, 4) is 0 Å². The fraction of sp³-hybridized carbons (Fsp3) is 0.934. The lowest BCUT2D eigenvalue weighted by atomic mass is 10.0. The highest BCUT2D eigenvalue weighted by molar-refractivity contribution is 7.47. The summed E-state index contributed by atoms with van der Waals surface area (Å²) in [5, 5.41) is 10.5. The van der Waals surface area contributed by atoms with Crippen molar-refractivity contribution >= 4 is 39.5 Å². The van der Waals surface area contributed by atoms with Crippen LogP contribution in [0.1, 0.15) is 304 Å². The molecule has 2 unspecified atom stereocenters. The lowest BCUT2D eigenvalue weighted by Gasteiger charge is -2.21. The zero-order chi connectivity index (χ0) is 59.2. The molecule has 0 amide bonds. The number of rotatable bonds is 61. The van der Waals surface area contributed by atoms with Gasteiger partial charge in [0, 0.05) is 25.7 Å². The molecule has 0 spiro atoms. The minimum absolute atomic E-state index is 0.103. The highest BCUT2D eigenvalue weighted by atomic mass is 31.2. The number of aliphatic hydroxyl groups excluding tert-OH is 1. The van der Waals surface area contributed by atoms with Crippen LogP contribution in [0.2, 0.25) is 0 Å². The van der Waals surface area contributed by atoms with Crippen molar-refractivity contribution in [2.45, 2.75) is 323 Å². The molecule has 80 heavy (non-hydrogen) atoms. The minimum Gasteiger partial charge on any atom is -0.462 e. The van der Waals surface area contributed by atoms with Crippen LogP contribution < -0.4 is 0 Å². The molecule has 0 aromatic heterocycles. The van der Waals surface area contributed by atoms with E-state index in [1.807, 2.05) is 0 Å². The van der Waals surface area contributed by atoms with Gasteiger partial charge in [0.1, 0.15) is 19.3 Å². The summed E-state index contributed by atoms with van der Waals surface area (Å²) in [6.45, 7) is 7.05. The Hall–Kier alpha value is -1.94. The second-order valence-corrected chi connectivity index (χ2v) is 25.5. The summed E-state index contributed by atoms with van der Waals surface area (Å²) < 4.78 is 67.6. The Bertz CT molecular complexity index is 1570. The van der Waals surface area contributed by atoms with Gasteiger partial charge in [0.2, 0.25) is 0 Å². The molecule has 3 N–H and O–H groups in total. The lowest BCUT2D eigenvalue weighted by Crippen LogP contribution is -2.30. The van der Waals surface area contributed by atoms with E-state index < -0.39 is 97.5 Å². The van der Waals surface area contributed by atoms with Crippen LogP contribution in [0.4, 0.5) is 0 Å².